The molecule has 0 radical (unpaired) electrons. The van der Waals surface area contributed by atoms with Gasteiger partial charge in [-0.05, 0) is 55.0 Å². The summed E-state index contributed by atoms with van der Waals surface area (Å²) in [6.07, 6.45) is 9.09. The molecule has 0 amide bonds. The minimum Gasteiger partial charge on any atom is -0.271 e. The number of aryl methyl sites for hydroxylation is 3. The summed E-state index contributed by atoms with van der Waals surface area (Å²) in [6, 6.07) is 7.27. The minimum absolute atomic E-state index is 0.156. The van der Waals surface area contributed by atoms with Gasteiger partial charge in [-0.3, -0.25) is 14.6 Å². The van der Waals surface area contributed by atoms with Gasteiger partial charge in [0.2, 0.25) is 10.0 Å². The van der Waals surface area contributed by atoms with Crippen LogP contribution in [0.5, 0.6) is 0 Å². The standard InChI is InChI=1S/C19H21N5O2S/c1-24-16(11-18(23-24)19-13-20-8-9-21-19)12-22-27(25,26)17-7-6-14-4-2-3-5-15(14)10-17/h6-11,13,22H,2-5,12H2,1H3. The third-order valence-corrected chi connectivity index (χ3v) is 6.27. The average molecular weight is 383 g/mol. The molecule has 0 aliphatic heterocycles. The van der Waals surface area contributed by atoms with Crippen molar-refractivity contribution < 1.29 is 8.42 Å². The molecule has 7 nitrogen and oxygen atoms in total. The van der Waals surface area contributed by atoms with E-state index in [-0.39, 0.29) is 6.54 Å². The number of nitrogens with zero attached hydrogens (tertiary/aromatic N) is 4. The van der Waals surface area contributed by atoms with E-state index in [4.69, 9.17) is 0 Å². The Morgan fingerprint density at radius 2 is 1.89 bits per heavy atom. The second-order valence-corrected chi connectivity index (χ2v) is 8.46. The van der Waals surface area contributed by atoms with E-state index in [1.54, 1.807) is 36.4 Å². The Labute approximate surface area is 158 Å². The lowest BCUT2D eigenvalue weighted by molar-refractivity contribution is 0.576. The van der Waals surface area contributed by atoms with Crippen molar-refractivity contribution in [1.82, 2.24) is 24.5 Å². The number of aromatic nitrogens is 4. The average Bonchev–Trinajstić information content (AvgIpc) is 3.07. The Morgan fingerprint density at radius 1 is 1.07 bits per heavy atom. The maximum Gasteiger partial charge on any atom is 0.240 e. The molecule has 0 spiro atoms. The van der Waals surface area contributed by atoms with E-state index in [2.05, 4.69) is 19.8 Å². The van der Waals surface area contributed by atoms with Gasteiger partial charge in [-0.15, -0.1) is 0 Å². The van der Waals surface area contributed by atoms with Gasteiger partial charge in [-0.1, -0.05) is 6.07 Å². The summed E-state index contributed by atoms with van der Waals surface area (Å²) in [5.41, 5.74) is 4.47. The van der Waals surface area contributed by atoms with E-state index in [0.29, 0.717) is 16.3 Å². The molecule has 0 atom stereocenters. The Morgan fingerprint density at radius 3 is 2.67 bits per heavy atom. The summed E-state index contributed by atoms with van der Waals surface area (Å²) in [7, 11) is -1.80. The van der Waals surface area contributed by atoms with Crippen molar-refractivity contribution in [3.05, 3.63) is 59.7 Å². The van der Waals surface area contributed by atoms with Crippen molar-refractivity contribution in [3.63, 3.8) is 0 Å². The van der Waals surface area contributed by atoms with E-state index in [1.165, 1.54) is 12.0 Å². The maximum absolute atomic E-state index is 12.7. The van der Waals surface area contributed by atoms with Crippen LogP contribution in [-0.2, 0) is 36.5 Å². The van der Waals surface area contributed by atoms with Crippen molar-refractivity contribution in [2.75, 3.05) is 0 Å². The maximum atomic E-state index is 12.7. The first kappa shape index (κ1) is 17.8. The van der Waals surface area contributed by atoms with E-state index >= 15 is 0 Å². The van der Waals surface area contributed by atoms with Gasteiger partial charge in [0.15, 0.2) is 0 Å². The zero-order valence-corrected chi connectivity index (χ0v) is 15.9. The van der Waals surface area contributed by atoms with Crippen LogP contribution >= 0.6 is 0 Å². The molecular weight excluding hydrogens is 362 g/mol. The monoisotopic (exact) mass is 383 g/mol. The molecule has 27 heavy (non-hydrogen) atoms. The first-order valence-electron chi connectivity index (χ1n) is 8.94. The normalized spacial score (nSPS) is 14.1. The third-order valence-electron chi connectivity index (χ3n) is 4.88. The molecule has 3 aromatic rings. The molecule has 2 aromatic heterocycles. The summed E-state index contributed by atoms with van der Waals surface area (Å²) in [5.74, 6) is 0. The lowest BCUT2D eigenvalue weighted by Crippen LogP contribution is -2.24. The largest absolute Gasteiger partial charge is 0.271 e. The van der Waals surface area contributed by atoms with Crippen LogP contribution < -0.4 is 4.72 Å². The fourth-order valence-corrected chi connectivity index (χ4v) is 4.41. The molecule has 1 N–H and O–H groups in total. The van der Waals surface area contributed by atoms with Crippen molar-refractivity contribution in [2.45, 2.75) is 37.1 Å². The Kier molecular flexibility index (Phi) is 4.75. The molecular formula is C19H21N5O2S. The molecule has 1 aliphatic rings. The number of nitrogens with one attached hydrogen (secondary N) is 1. The van der Waals surface area contributed by atoms with Crippen LogP contribution in [-0.4, -0.2) is 28.2 Å². The lowest BCUT2D eigenvalue weighted by atomic mass is 9.92. The molecule has 0 unspecified atom stereocenters. The van der Waals surface area contributed by atoms with Gasteiger partial charge in [-0.2, -0.15) is 5.10 Å². The molecule has 140 valence electrons. The molecule has 8 heteroatoms. The van der Waals surface area contributed by atoms with Crippen molar-refractivity contribution in [2.24, 2.45) is 7.05 Å². The van der Waals surface area contributed by atoms with Crippen molar-refractivity contribution >= 4 is 10.0 Å². The molecule has 4 rings (SSSR count). The fraction of sp³-hybridized carbons (Fsp3) is 0.316. The molecule has 0 bridgehead atoms. The van der Waals surface area contributed by atoms with Gasteiger partial charge in [0, 0.05) is 19.4 Å². The minimum atomic E-state index is -3.58. The van der Waals surface area contributed by atoms with Gasteiger partial charge in [-0.25, -0.2) is 13.1 Å². The van der Waals surface area contributed by atoms with Crippen LogP contribution in [0.25, 0.3) is 11.4 Å². The van der Waals surface area contributed by atoms with E-state index in [1.807, 2.05) is 18.2 Å². The number of fused-ring (bicyclic) bond motifs is 1. The molecule has 1 aromatic carbocycles. The van der Waals surface area contributed by atoms with E-state index in [0.717, 1.165) is 30.5 Å². The highest BCUT2D eigenvalue weighted by atomic mass is 32.2. The lowest BCUT2D eigenvalue weighted by Gasteiger charge is -2.16. The Hall–Kier alpha value is -2.58. The number of hydrogen-bond acceptors (Lipinski definition) is 5. The fourth-order valence-electron chi connectivity index (χ4n) is 3.36. The second kappa shape index (κ2) is 7.21. The van der Waals surface area contributed by atoms with Crippen LogP contribution in [0.1, 0.15) is 29.7 Å². The van der Waals surface area contributed by atoms with Crippen LogP contribution in [0.15, 0.2) is 47.8 Å². The van der Waals surface area contributed by atoms with Gasteiger partial charge in [0.25, 0.3) is 0 Å². The molecule has 2 heterocycles. The number of benzene rings is 1. The van der Waals surface area contributed by atoms with Crippen LogP contribution in [0.2, 0.25) is 0 Å². The van der Waals surface area contributed by atoms with Crippen molar-refractivity contribution in [3.8, 4) is 11.4 Å². The zero-order valence-electron chi connectivity index (χ0n) is 15.1. The van der Waals surface area contributed by atoms with Crippen LogP contribution in [0, 0.1) is 0 Å². The van der Waals surface area contributed by atoms with E-state index < -0.39 is 10.0 Å². The van der Waals surface area contributed by atoms with Gasteiger partial charge in [0.05, 0.1) is 23.3 Å². The molecule has 1 aliphatic carbocycles. The summed E-state index contributed by atoms with van der Waals surface area (Å²) in [6.45, 7) is 0.156. The summed E-state index contributed by atoms with van der Waals surface area (Å²) < 4.78 is 29.8. The predicted molar refractivity (Wildman–Crippen MR) is 101 cm³/mol. The number of rotatable bonds is 5. The summed E-state index contributed by atoms with van der Waals surface area (Å²) in [4.78, 5) is 8.58. The Bertz CT molecular complexity index is 1060. The van der Waals surface area contributed by atoms with Gasteiger partial charge < -0.3 is 0 Å². The van der Waals surface area contributed by atoms with Crippen LogP contribution in [0.3, 0.4) is 0 Å². The van der Waals surface area contributed by atoms with Crippen LogP contribution in [0.4, 0.5) is 0 Å². The summed E-state index contributed by atoms with van der Waals surface area (Å²) in [5, 5.41) is 4.39. The molecule has 0 fully saturated rings. The van der Waals surface area contributed by atoms with Gasteiger partial charge >= 0.3 is 0 Å². The highest BCUT2D eigenvalue weighted by molar-refractivity contribution is 7.89. The number of sulfonamides is 1. The third kappa shape index (κ3) is 3.77. The Balaban J connectivity index is 1.52. The summed E-state index contributed by atoms with van der Waals surface area (Å²) >= 11 is 0. The topological polar surface area (TPSA) is 89.8 Å². The highest BCUT2D eigenvalue weighted by Crippen LogP contribution is 2.24. The first-order valence-corrected chi connectivity index (χ1v) is 10.4. The highest BCUT2D eigenvalue weighted by Gasteiger charge is 2.18. The SMILES string of the molecule is Cn1nc(-c2cnccn2)cc1CNS(=O)(=O)c1ccc2c(c1)CCCC2. The zero-order chi connectivity index (χ0) is 18.9. The quantitative estimate of drug-likeness (QED) is 0.730. The smallest absolute Gasteiger partial charge is 0.240 e. The van der Waals surface area contributed by atoms with E-state index in [9.17, 15) is 8.42 Å². The predicted octanol–water partition coefficient (Wildman–Crippen LogP) is 2.23. The molecule has 0 saturated carbocycles. The van der Waals surface area contributed by atoms with Crippen molar-refractivity contribution in [1.29, 1.82) is 0 Å². The molecule has 0 saturated heterocycles. The van der Waals surface area contributed by atoms with Gasteiger partial charge in [0.1, 0.15) is 11.4 Å². The number of hydrogen-bond donors (Lipinski definition) is 1. The first-order chi connectivity index (χ1) is 13.0. The second-order valence-electron chi connectivity index (χ2n) is 6.70.